The summed E-state index contributed by atoms with van der Waals surface area (Å²) in [4.78, 5) is 8.35. The highest BCUT2D eigenvalue weighted by molar-refractivity contribution is 7.87. The standard InChI is InChI=1S/C20H19ClF2N8OS/c1-11(18-24-9-13(21)10-25-18)12(2)33(32)29-20-27-26-19(16-7-8-30(3)28-16)31(20)17-14(22)5-4-6-15(17)23/h4-12H,1-3H3,(H,27,29). The van der Waals surface area contributed by atoms with Crippen molar-refractivity contribution in [1.29, 1.82) is 0 Å². The van der Waals surface area contributed by atoms with Gasteiger partial charge in [0.05, 0.1) is 10.3 Å². The molecule has 1 N–H and O–H groups in total. The van der Waals surface area contributed by atoms with Crippen molar-refractivity contribution >= 4 is 28.5 Å². The molecule has 0 bridgehead atoms. The molecule has 3 aromatic heterocycles. The predicted octanol–water partition coefficient (Wildman–Crippen LogP) is 3.66. The Bertz CT molecular complexity index is 1290. The largest absolute Gasteiger partial charge is 0.275 e. The number of benzene rings is 1. The van der Waals surface area contributed by atoms with E-state index in [0.29, 0.717) is 16.5 Å². The van der Waals surface area contributed by atoms with E-state index < -0.39 is 33.6 Å². The van der Waals surface area contributed by atoms with Gasteiger partial charge in [0, 0.05) is 31.6 Å². The molecular formula is C20H19ClF2N8OS. The molecule has 3 atom stereocenters. The molecule has 0 saturated heterocycles. The molecule has 0 amide bonds. The number of nitrogens with zero attached hydrogens (tertiary/aromatic N) is 7. The molecule has 13 heteroatoms. The summed E-state index contributed by atoms with van der Waals surface area (Å²) < 4.78 is 47.9. The fraction of sp³-hybridized carbons (Fsp3) is 0.250. The van der Waals surface area contributed by atoms with Crippen LogP contribution in [-0.2, 0) is 18.0 Å². The molecule has 3 heterocycles. The van der Waals surface area contributed by atoms with Crippen molar-refractivity contribution < 1.29 is 13.0 Å². The first-order chi connectivity index (χ1) is 15.8. The van der Waals surface area contributed by atoms with Crippen molar-refractivity contribution in [3.05, 3.63) is 65.3 Å². The summed E-state index contributed by atoms with van der Waals surface area (Å²) in [7, 11) is -0.0452. The Balaban J connectivity index is 1.71. The normalized spacial score (nSPS) is 14.1. The van der Waals surface area contributed by atoms with Crippen LogP contribution >= 0.6 is 11.6 Å². The van der Waals surface area contributed by atoms with E-state index in [1.165, 1.54) is 23.1 Å². The van der Waals surface area contributed by atoms with Crippen LogP contribution in [0.5, 0.6) is 0 Å². The van der Waals surface area contributed by atoms with E-state index in [-0.39, 0.29) is 17.7 Å². The summed E-state index contributed by atoms with van der Waals surface area (Å²) >= 11 is 5.84. The predicted molar refractivity (Wildman–Crippen MR) is 120 cm³/mol. The molecule has 9 nitrogen and oxygen atoms in total. The first-order valence-corrected chi connectivity index (χ1v) is 11.4. The SMILES string of the molecule is CC(c1ncc(Cl)cn1)C(C)S(=O)Nc1nnc(-c2ccn(C)n2)n1-c1c(F)cccc1F. The average Bonchev–Trinajstić information content (AvgIpc) is 3.39. The van der Waals surface area contributed by atoms with Gasteiger partial charge in [0.1, 0.15) is 39.8 Å². The van der Waals surface area contributed by atoms with Gasteiger partial charge in [-0.3, -0.25) is 14.0 Å². The minimum absolute atomic E-state index is 0.0841. The topological polar surface area (TPSA) is 103 Å². The van der Waals surface area contributed by atoms with Crippen molar-refractivity contribution in [3.8, 4) is 17.2 Å². The molecule has 172 valence electrons. The molecule has 4 rings (SSSR count). The quantitative estimate of drug-likeness (QED) is 0.422. The van der Waals surface area contributed by atoms with Gasteiger partial charge in [-0.15, -0.1) is 10.2 Å². The van der Waals surface area contributed by atoms with Crippen molar-refractivity contribution in [1.82, 2.24) is 34.5 Å². The van der Waals surface area contributed by atoms with Gasteiger partial charge < -0.3 is 0 Å². The summed E-state index contributed by atoms with van der Waals surface area (Å²) in [5.41, 5.74) is -0.0770. The third-order valence-electron chi connectivity index (χ3n) is 5.05. The van der Waals surface area contributed by atoms with Gasteiger partial charge >= 0.3 is 0 Å². The Morgan fingerprint density at radius 2 is 1.76 bits per heavy atom. The Labute approximate surface area is 195 Å². The van der Waals surface area contributed by atoms with E-state index in [1.54, 1.807) is 26.2 Å². The Morgan fingerprint density at radius 3 is 2.36 bits per heavy atom. The summed E-state index contributed by atoms with van der Waals surface area (Å²) in [5, 5.41) is 12.2. The van der Waals surface area contributed by atoms with E-state index in [2.05, 4.69) is 30.0 Å². The second-order valence-electron chi connectivity index (χ2n) is 7.28. The first-order valence-electron chi connectivity index (χ1n) is 9.80. The summed E-state index contributed by atoms with van der Waals surface area (Å²) in [5.74, 6) is -1.56. The molecule has 33 heavy (non-hydrogen) atoms. The number of aryl methyl sites for hydroxylation is 1. The lowest BCUT2D eigenvalue weighted by atomic mass is 10.1. The fourth-order valence-corrected chi connectivity index (χ4v) is 4.19. The van der Waals surface area contributed by atoms with Crippen molar-refractivity contribution in [3.63, 3.8) is 0 Å². The Morgan fingerprint density at radius 1 is 1.09 bits per heavy atom. The molecule has 0 saturated carbocycles. The van der Waals surface area contributed by atoms with Crippen LogP contribution in [0.3, 0.4) is 0 Å². The smallest absolute Gasteiger partial charge is 0.241 e. The van der Waals surface area contributed by atoms with Gasteiger partial charge in [0.25, 0.3) is 0 Å². The molecule has 0 fully saturated rings. The maximum Gasteiger partial charge on any atom is 0.241 e. The number of rotatable bonds is 7. The number of anilines is 1. The molecule has 0 radical (unpaired) electrons. The van der Waals surface area contributed by atoms with Crippen molar-refractivity contribution in [2.75, 3.05) is 4.72 Å². The van der Waals surface area contributed by atoms with E-state index in [4.69, 9.17) is 11.6 Å². The van der Waals surface area contributed by atoms with E-state index in [9.17, 15) is 13.0 Å². The minimum Gasteiger partial charge on any atom is -0.275 e. The van der Waals surface area contributed by atoms with E-state index in [0.717, 1.165) is 16.7 Å². The van der Waals surface area contributed by atoms with Crippen LogP contribution in [0.2, 0.25) is 5.02 Å². The third-order valence-corrected chi connectivity index (χ3v) is 6.71. The van der Waals surface area contributed by atoms with Crippen LogP contribution in [0.1, 0.15) is 25.6 Å². The van der Waals surface area contributed by atoms with Crippen molar-refractivity contribution in [2.24, 2.45) is 7.05 Å². The molecule has 0 aliphatic carbocycles. The van der Waals surface area contributed by atoms with Gasteiger partial charge in [0.15, 0.2) is 5.82 Å². The highest BCUT2D eigenvalue weighted by Gasteiger charge is 2.27. The van der Waals surface area contributed by atoms with Gasteiger partial charge in [-0.2, -0.15) is 5.10 Å². The zero-order valence-corrected chi connectivity index (χ0v) is 19.3. The zero-order valence-electron chi connectivity index (χ0n) is 17.8. The minimum atomic E-state index is -1.74. The van der Waals surface area contributed by atoms with Gasteiger partial charge in [-0.25, -0.2) is 23.0 Å². The number of para-hydroxylation sites is 1. The van der Waals surface area contributed by atoms with Gasteiger partial charge in [-0.1, -0.05) is 24.6 Å². The Hall–Kier alpha value is -3.25. The van der Waals surface area contributed by atoms with E-state index >= 15 is 0 Å². The number of hydrogen-bond donors (Lipinski definition) is 1. The van der Waals surface area contributed by atoms with Crippen LogP contribution in [0, 0.1) is 11.6 Å². The number of halogens is 3. The fourth-order valence-electron chi connectivity index (χ4n) is 3.10. The maximum absolute atomic E-state index is 14.7. The molecule has 0 aliphatic rings. The summed E-state index contributed by atoms with van der Waals surface area (Å²) in [6.07, 6.45) is 4.58. The zero-order chi connectivity index (χ0) is 23.7. The lowest BCUT2D eigenvalue weighted by Gasteiger charge is -2.19. The second-order valence-corrected chi connectivity index (χ2v) is 9.26. The molecule has 0 aliphatic heterocycles. The lowest BCUT2D eigenvalue weighted by molar-refractivity contribution is 0.570. The highest BCUT2D eigenvalue weighted by atomic mass is 35.5. The first kappa shape index (κ1) is 22.9. The van der Waals surface area contributed by atoms with Crippen LogP contribution in [0.25, 0.3) is 17.2 Å². The summed E-state index contributed by atoms with van der Waals surface area (Å²) in [6, 6.07) is 5.11. The molecule has 1 aromatic carbocycles. The van der Waals surface area contributed by atoms with Crippen LogP contribution < -0.4 is 4.72 Å². The van der Waals surface area contributed by atoms with Gasteiger partial charge in [0.2, 0.25) is 5.95 Å². The summed E-state index contributed by atoms with van der Waals surface area (Å²) in [6.45, 7) is 3.55. The third kappa shape index (κ3) is 4.62. The van der Waals surface area contributed by atoms with Crippen LogP contribution in [0.15, 0.2) is 42.9 Å². The lowest BCUT2D eigenvalue weighted by Crippen LogP contribution is -2.26. The second kappa shape index (κ2) is 9.32. The number of nitrogens with one attached hydrogen (secondary N) is 1. The molecule has 4 aromatic rings. The van der Waals surface area contributed by atoms with Crippen molar-refractivity contribution in [2.45, 2.75) is 25.0 Å². The Kier molecular flexibility index (Phi) is 6.47. The number of aromatic nitrogens is 7. The van der Waals surface area contributed by atoms with Crippen LogP contribution in [0.4, 0.5) is 14.7 Å². The maximum atomic E-state index is 14.7. The molecule has 0 spiro atoms. The molecule has 3 unspecified atom stereocenters. The van der Waals surface area contributed by atoms with E-state index in [1.807, 2.05) is 6.92 Å². The number of hydrogen-bond acceptors (Lipinski definition) is 6. The van der Waals surface area contributed by atoms with Crippen LogP contribution in [-0.4, -0.2) is 44.0 Å². The average molecular weight is 493 g/mol. The highest BCUT2D eigenvalue weighted by Crippen LogP contribution is 2.29. The van der Waals surface area contributed by atoms with Gasteiger partial charge in [-0.05, 0) is 25.1 Å². The monoisotopic (exact) mass is 492 g/mol. The molecular weight excluding hydrogens is 474 g/mol.